The quantitative estimate of drug-likeness (QED) is 0.515. The van der Waals surface area contributed by atoms with Crippen molar-refractivity contribution in [2.24, 2.45) is 0 Å². The van der Waals surface area contributed by atoms with Crippen LogP contribution in [-0.2, 0) is 6.54 Å². The van der Waals surface area contributed by atoms with Crippen molar-refractivity contribution < 1.29 is 0 Å². The number of aromatic nitrogens is 2. The van der Waals surface area contributed by atoms with E-state index in [1.54, 1.807) is 0 Å². The number of halogens is 1. The molecule has 1 heterocycles. The zero-order valence-electron chi connectivity index (χ0n) is 12.9. The van der Waals surface area contributed by atoms with E-state index in [9.17, 15) is 0 Å². The van der Waals surface area contributed by atoms with Crippen LogP contribution in [0.25, 0.3) is 22.4 Å². The molecule has 0 amide bonds. The van der Waals surface area contributed by atoms with Crippen molar-refractivity contribution in [2.75, 3.05) is 0 Å². The maximum absolute atomic E-state index is 6.15. The minimum atomic E-state index is 0.752. The summed E-state index contributed by atoms with van der Waals surface area (Å²) in [6, 6.07) is 16.3. The minimum absolute atomic E-state index is 0.752. The summed E-state index contributed by atoms with van der Waals surface area (Å²) in [5.74, 6) is 1.01. The number of hydrogen-bond acceptors (Lipinski definition) is 1. The highest BCUT2D eigenvalue weighted by molar-refractivity contribution is 6.30. The highest BCUT2D eigenvalue weighted by Gasteiger charge is 2.12. The largest absolute Gasteiger partial charge is 0.324 e. The Balaban J connectivity index is 2.00. The molecule has 0 aliphatic rings. The van der Waals surface area contributed by atoms with Crippen LogP contribution < -0.4 is 0 Å². The molecule has 0 aliphatic heterocycles. The van der Waals surface area contributed by atoms with Crippen LogP contribution in [-0.4, -0.2) is 9.55 Å². The Morgan fingerprint density at radius 1 is 1.00 bits per heavy atom. The summed E-state index contributed by atoms with van der Waals surface area (Å²) in [5.41, 5.74) is 3.33. The average molecular weight is 313 g/mol. The minimum Gasteiger partial charge on any atom is -0.324 e. The van der Waals surface area contributed by atoms with Gasteiger partial charge in [-0.1, -0.05) is 62.1 Å². The molecule has 0 radical (unpaired) electrons. The first-order valence-electron chi connectivity index (χ1n) is 8.01. The predicted octanol–water partition coefficient (Wildman–Crippen LogP) is 5.94. The van der Waals surface area contributed by atoms with Crippen LogP contribution in [0.15, 0.2) is 48.5 Å². The molecule has 0 saturated heterocycles. The Morgan fingerprint density at radius 2 is 1.86 bits per heavy atom. The number of para-hydroxylation sites is 2. The van der Waals surface area contributed by atoms with E-state index in [-0.39, 0.29) is 0 Å². The van der Waals surface area contributed by atoms with E-state index in [1.807, 2.05) is 24.3 Å². The zero-order chi connectivity index (χ0) is 15.4. The third-order valence-corrected chi connectivity index (χ3v) is 4.21. The van der Waals surface area contributed by atoms with Gasteiger partial charge in [0, 0.05) is 17.1 Å². The van der Waals surface area contributed by atoms with Crippen molar-refractivity contribution in [1.29, 1.82) is 0 Å². The van der Waals surface area contributed by atoms with Crippen LogP contribution in [0, 0.1) is 0 Å². The van der Waals surface area contributed by atoms with Gasteiger partial charge in [0.25, 0.3) is 0 Å². The maximum atomic E-state index is 6.15. The number of imidazole rings is 1. The molecule has 114 valence electrons. The molecule has 22 heavy (non-hydrogen) atoms. The summed E-state index contributed by atoms with van der Waals surface area (Å²) >= 11 is 6.15. The third-order valence-electron chi connectivity index (χ3n) is 3.97. The van der Waals surface area contributed by atoms with Crippen molar-refractivity contribution >= 4 is 22.6 Å². The van der Waals surface area contributed by atoms with Gasteiger partial charge in [-0.3, -0.25) is 0 Å². The summed E-state index contributed by atoms with van der Waals surface area (Å²) in [4.78, 5) is 4.83. The van der Waals surface area contributed by atoms with Gasteiger partial charge in [-0.15, -0.1) is 0 Å². The molecule has 3 heteroatoms. The lowest BCUT2D eigenvalue weighted by Gasteiger charge is -2.09. The Kier molecular flexibility index (Phi) is 4.79. The van der Waals surface area contributed by atoms with E-state index in [0.29, 0.717) is 0 Å². The normalized spacial score (nSPS) is 11.2. The van der Waals surface area contributed by atoms with E-state index >= 15 is 0 Å². The number of aryl methyl sites for hydroxylation is 1. The number of unbranched alkanes of at least 4 members (excludes halogenated alkanes) is 3. The van der Waals surface area contributed by atoms with Crippen molar-refractivity contribution in [2.45, 2.75) is 39.2 Å². The summed E-state index contributed by atoms with van der Waals surface area (Å²) < 4.78 is 2.33. The Morgan fingerprint density at radius 3 is 2.68 bits per heavy atom. The van der Waals surface area contributed by atoms with Gasteiger partial charge in [-0.2, -0.15) is 0 Å². The Hall–Kier alpha value is -1.80. The molecule has 0 unspecified atom stereocenters. The molecular weight excluding hydrogens is 292 g/mol. The molecular formula is C19H21ClN2. The van der Waals surface area contributed by atoms with E-state index in [0.717, 1.165) is 28.5 Å². The van der Waals surface area contributed by atoms with Crippen LogP contribution in [0.4, 0.5) is 0 Å². The molecule has 0 N–H and O–H groups in total. The third kappa shape index (κ3) is 3.17. The van der Waals surface area contributed by atoms with Gasteiger partial charge in [0.2, 0.25) is 0 Å². The monoisotopic (exact) mass is 312 g/mol. The van der Waals surface area contributed by atoms with Crippen LogP contribution in [0.1, 0.15) is 32.6 Å². The number of nitrogens with zero attached hydrogens (tertiary/aromatic N) is 2. The molecule has 3 rings (SSSR count). The Bertz CT molecular complexity index is 761. The van der Waals surface area contributed by atoms with Crippen LogP contribution in [0.3, 0.4) is 0 Å². The second-order valence-corrected chi connectivity index (χ2v) is 6.08. The number of rotatable bonds is 6. The molecule has 1 aromatic heterocycles. The van der Waals surface area contributed by atoms with Crippen LogP contribution in [0.2, 0.25) is 5.02 Å². The fourth-order valence-electron chi connectivity index (χ4n) is 2.85. The van der Waals surface area contributed by atoms with Crippen molar-refractivity contribution in [3.8, 4) is 11.4 Å². The fourth-order valence-corrected chi connectivity index (χ4v) is 3.04. The molecule has 3 aromatic rings. The first-order valence-corrected chi connectivity index (χ1v) is 8.38. The molecule has 2 aromatic carbocycles. The van der Waals surface area contributed by atoms with Gasteiger partial charge in [-0.25, -0.2) is 4.98 Å². The molecule has 0 atom stereocenters. The number of hydrogen-bond donors (Lipinski definition) is 0. The van der Waals surface area contributed by atoms with Crippen molar-refractivity contribution in [3.63, 3.8) is 0 Å². The molecule has 2 nitrogen and oxygen atoms in total. The standard InChI is InChI=1S/C19H21ClN2/c1-2-3-4-7-13-22-18-12-6-5-11-17(18)21-19(22)15-9-8-10-16(20)14-15/h5-6,8-12,14H,2-4,7,13H2,1H3. The highest BCUT2D eigenvalue weighted by atomic mass is 35.5. The molecule has 0 spiro atoms. The topological polar surface area (TPSA) is 17.8 Å². The Labute approximate surface area is 136 Å². The fraction of sp³-hybridized carbons (Fsp3) is 0.316. The highest BCUT2D eigenvalue weighted by Crippen LogP contribution is 2.27. The smallest absolute Gasteiger partial charge is 0.141 e. The van der Waals surface area contributed by atoms with E-state index in [4.69, 9.17) is 16.6 Å². The van der Waals surface area contributed by atoms with Gasteiger partial charge in [0.05, 0.1) is 11.0 Å². The van der Waals surface area contributed by atoms with Gasteiger partial charge in [0.15, 0.2) is 0 Å². The van der Waals surface area contributed by atoms with Crippen LogP contribution >= 0.6 is 11.6 Å². The summed E-state index contributed by atoms with van der Waals surface area (Å²) in [7, 11) is 0. The lowest BCUT2D eigenvalue weighted by atomic mass is 10.2. The molecule has 0 bridgehead atoms. The summed E-state index contributed by atoms with van der Waals surface area (Å²) in [5, 5.41) is 0.752. The molecule has 0 aliphatic carbocycles. The second-order valence-electron chi connectivity index (χ2n) is 5.65. The number of benzene rings is 2. The van der Waals surface area contributed by atoms with E-state index in [2.05, 4.69) is 35.8 Å². The van der Waals surface area contributed by atoms with E-state index < -0.39 is 0 Å². The lowest BCUT2D eigenvalue weighted by molar-refractivity contribution is 0.594. The summed E-state index contributed by atoms with van der Waals surface area (Å²) in [6.45, 7) is 3.24. The SMILES string of the molecule is CCCCCCn1c(-c2cccc(Cl)c2)nc2ccccc21. The van der Waals surface area contributed by atoms with Gasteiger partial charge >= 0.3 is 0 Å². The van der Waals surface area contributed by atoms with Gasteiger partial charge in [0.1, 0.15) is 5.82 Å². The average Bonchev–Trinajstić information content (AvgIpc) is 2.90. The maximum Gasteiger partial charge on any atom is 0.141 e. The zero-order valence-corrected chi connectivity index (χ0v) is 13.7. The van der Waals surface area contributed by atoms with Gasteiger partial charge < -0.3 is 4.57 Å². The van der Waals surface area contributed by atoms with Crippen molar-refractivity contribution in [3.05, 3.63) is 53.6 Å². The van der Waals surface area contributed by atoms with E-state index in [1.165, 1.54) is 31.2 Å². The van der Waals surface area contributed by atoms with Gasteiger partial charge in [-0.05, 0) is 30.7 Å². The molecule has 0 fully saturated rings. The van der Waals surface area contributed by atoms with Crippen molar-refractivity contribution in [1.82, 2.24) is 9.55 Å². The first-order chi connectivity index (χ1) is 10.8. The number of fused-ring (bicyclic) bond motifs is 1. The molecule has 0 saturated carbocycles. The predicted molar refractivity (Wildman–Crippen MR) is 94.3 cm³/mol. The second kappa shape index (κ2) is 6.97. The van der Waals surface area contributed by atoms with Crippen LogP contribution in [0.5, 0.6) is 0 Å². The first kappa shape index (κ1) is 15.1. The lowest BCUT2D eigenvalue weighted by Crippen LogP contribution is -2.01. The summed E-state index contributed by atoms with van der Waals surface area (Å²) in [6.07, 6.45) is 4.99.